The summed E-state index contributed by atoms with van der Waals surface area (Å²) in [5.74, 6) is 0. The van der Waals surface area contributed by atoms with Gasteiger partial charge >= 0.3 is 0 Å². The molecular weight excluding hydrogens is 304 g/mol. The number of rotatable bonds is 5. The first-order chi connectivity index (χ1) is 11.2. The summed E-state index contributed by atoms with van der Waals surface area (Å²) in [7, 11) is 0. The van der Waals surface area contributed by atoms with Gasteiger partial charge in [0, 0.05) is 11.8 Å². The molecule has 23 heavy (non-hydrogen) atoms. The van der Waals surface area contributed by atoms with Gasteiger partial charge in [0.25, 0.3) is 5.56 Å². The number of nitrogens with zero attached hydrogens (tertiary/aromatic N) is 2. The van der Waals surface area contributed by atoms with Crippen LogP contribution in [0.5, 0.6) is 0 Å². The third-order valence-electron chi connectivity index (χ3n) is 3.69. The molecule has 1 aromatic heterocycles. The van der Waals surface area contributed by atoms with E-state index >= 15 is 0 Å². The summed E-state index contributed by atoms with van der Waals surface area (Å²) in [5.41, 5.74) is 1.93. The van der Waals surface area contributed by atoms with Crippen molar-refractivity contribution >= 4 is 22.7 Å². The second kappa shape index (κ2) is 6.84. The van der Waals surface area contributed by atoms with E-state index < -0.39 is 0 Å². The summed E-state index contributed by atoms with van der Waals surface area (Å²) < 4.78 is 1.69. The molecular formula is C19H18N2OS. The summed E-state index contributed by atoms with van der Waals surface area (Å²) in [6, 6.07) is 17.7. The van der Waals surface area contributed by atoms with Gasteiger partial charge in [0.1, 0.15) is 0 Å². The molecule has 0 saturated heterocycles. The highest BCUT2D eigenvalue weighted by atomic mass is 32.2. The van der Waals surface area contributed by atoms with E-state index in [1.807, 2.05) is 42.5 Å². The Morgan fingerprint density at radius 2 is 1.87 bits per heavy atom. The highest BCUT2D eigenvalue weighted by Crippen LogP contribution is 2.33. The number of fused-ring (bicyclic) bond motifs is 1. The summed E-state index contributed by atoms with van der Waals surface area (Å²) in [4.78, 5) is 17.4. The summed E-state index contributed by atoms with van der Waals surface area (Å²) >= 11 is 1.60. The fraction of sp³-hybridized carbons (Fsp3) is 0.158. The molecule has 1 heterocycles. The Morgan fingerprint density at radius 3 is 2.61 bits per heavy atom. The predicted molar refractivity (Wildman–Crippen MR) is 96.9 cm³/mol. The molecule has 0 saturated carbocycles. The average molecular weight is 322 g/mol. The number of hydrogen-bond donors (Lipinski definition) is 0. The fourth-order valence-corrected chi connectivity index (χ4v) is 3.52. The van der Waals surface area contributed by atoms with Crippen LogP contribution in [0.4, 0.5) is 0 Å². The molecule has 0 bridgehead atoms. The molecule has 2 aromatic carbocycles. The van der Waals surface area contributed by atoms with Crippen molar-refractivity contribution < 1.29 is 0 Å². The van der Waals surface area contributed by atoms with Crippen LogP contribution in [0.3, 0.4) is 0 Å². The molecule has 0 amide bonds. The molecule has 4 heteroatoms. The van der Waals surface area contributed by atoms with E-state index in [-0.39, 0.29) is 10.8 Å². The van der Waals surface area contributed by atoms with Crippen LogP contribution >= 0.6 is 11.8 Å². The molecule has 1 unspecified atom stereocenters. The van der Waals surface area contributed by atoms with Gasteiger partial charge in [-0.3, -0.25) is 9.36 Å². The molecule has 0 radical (unpaired) electrons. The first-order valence-corrected chi connectivity index (χ1v) is 8.40. The van der Waals surface area contributed by atoms with Crippen molar-refractivity contribution in [2.45, 2.75) is 23.9 Å². The number of benzene rings is 2. The lowest BCUT2D eigenvalue weighted by molar-refractivity contribution is 0.670. The van der Waals surface area contributed by atoms with Crippen molar-refractivity contribution in [2.75, 3.05) is 0 Å². The minimum absolute atomic E-state index is 0.0155. The number of thioether (sulfide) groups is 1. The first kappa shape index (κ1) is 15.6. The SMILES string of the molecule is C=CCn1c(SC(C)c2ccccc2)nc2ccccc2c1=O. The standard InChI is InChI=1S/C19H18N2OS/c1-3-13-21-18(22)16-11-7-8-12-17(16)20-19(21)23-14(2)15-9-5-4-6-10-15/h3-12,14H,1,13H2,2H3. The van der Waals surface area contributed by atoms with Crippen LogP contribution < -0.4 is 5.56 Å². The Balaban J connectivity index is 2.07. The molecule has 3 aromatic rings. The Kier molecular flexibility index (Phi) is 4.63. The van der Waals surface area contributed by atoms with Gasteiger partial charge in [0.15, 0.2) is 5.16 Å². The van der Waals surface area contributed by atoms with Gasteiger partial charge in [-0.25, -0.2) is 4.98 Å². The van der Waals surface area contributed by atoms with Crippen LogP contribution in [0.25, 0.3) is 10.9 Å². The van der Waals surface area contributed by atoms with Gasteiger partial charge in [0.05, 0.1) is 10.9 Å². The van der Waals surface area contributed by atoms with E-state index in [4.69, 9.17) is 4.98 Å². The van der Waals surface area contributed by atoms with E-state index in [1.165, 1.54) is 5.56 Å². The predicted octanol–water partition coefficient (Wildman–Crippen LogP) is 4.44. The second-order valence-corrected chi connectivity index (χ2v) is 6.59. The summed E-state index contributed by atoms with van der Waals surface area (Å²) in [5, 5.41) is 1.58. The summed E-state index contributed by atoms with van der Waals surface area (Å²) in [6.45, 7) is 6.34. The van der Waals surface area contributed by atoms with Crippen LogP contribution in [0.1, 0.15) is 17.7 Å². The Morgan fingerprint density at radius 1 is 1.17 bits per heavy atom. The highest BCUT2D eigenvalue weighted by molar-refractivity contribution is 7.99. The van der Waals surface area contributed by atoms with Crippen molar-refractivity contribution in [2.24, 2.45) is 0 Å². The molecule has 0 N–H and O–H groups in total. The fourth-order valence-electron chi connectivity index (χ4n) is 2.48. The number of aromatic nitrogens is 2. The Hall–Kier alpha value is -2.33. The third-order valence-corrected chi connectivity index (χ3v) is 4.84. The van der Waals surface area contributed by atoms with Gasteiger partial charge in [0.2, 0.25) is 0 Å². The zero-order valence-corrected chi connectivity index (χ0v) is 13.8. The average Bonchev–Trinajstić information content (AvgIpc) is 2.59. The van der Waals surface area contributed by atoms with Gasteiger partial charge in [-0.2, -0.15) is 0 Å². The summed E-state index contributed by atoms with van der Waals surface area (Å²) in [6.07, 6.45) is 1.73. The maximum atomic E-state index is 12.7. The minimum Gasteiger partial charge on any atom is -0.283 e. The van der Waals surface area contributed by atoms with Crippen LogP contribution in [-0.4, -0.2) is 9.55 Å². The topological polar surface area (TPSA) is 34.9 Å². The first-order valence-electron chi connectivity index (χ1n) is 7.53. The lowest BCUT2D eigenvalue weighted by atomic mass is 10.2. The van der Waals surface area contributed by atoms with Crippen LogP contribution in [0.15, 0.2) is 77.2 Å². The lowest BCUT2D eigenvalue weighted by Gasteiger charge is -2.15. The Labute approximate surface area is 139 Å². The largest absolute Gasteiger partial charge is 0.283 e. The minimum atomic E-state index is -0.0155. The second-order valence-electron chi connectivity index (χ2n) is 5.29. The molecule has 0 aliphatic heterocycles. The van der Waals surface area contributed by atoms with E-state index in [9.17, 15) is 4.79 Å². The lowest BCUT2D eigenvalue weighted by Crippen LogP contribution is -2.23. The molecule has 116 valence electrons. The van der Waals surface area contributed by atoms with Gasteiger partial charge in [-0.1, -0.05) is 60.3 Å². The molecule has 0 spiro atoms. The smallest absolute Gasteiger partial charge is 0.262 e. The highest BCUT2D eigenvalue weighted by Gasteiger charge is 2.14. The molecule has 0 fully saturated rings. The van der Waals surface area contributed by atoms with Gasteiger partial charge in [-0.15, -0.1) is 6.58 Å². The van der Waals surface area contributed by atoms with E-state index in [2.05, 4.69) is 25.6 Å². The van der Waals surface area contributed by atoms with E-state index in [1.54, 1.807) is 22.4 Å². The van der Waals surface area contributed by atoms with Crippen LogP contribution in [-0.2, 0) is 6.54 Å². The number of hydrogen-bond acceptors (Lipinski definition) is 3. The van der Waals surface area contributed by atoms with Gasteiger partial charge in [-0.05, 0) is 24.6 Å². The maximum Gasteiger partial charge on any atom is 0.262 e. The monoisotopic (exact) mass is 322 g/mol. The zero-order chi connectivity index (χ0) is 16.2. The molecule has 3 nitrogen and oxygen atoms in total. The quantitative estimate of drug-likeness (QED) is 0.396. The van der Waals surface area contributed by atoms with E-state index in [0.717, 1.165) is 10.7 Å². The van der Waals surface area contributed by atoms with E-state index in [0.29, 0.717) is 11.9 Å². The number of allylic oxidation sites excluding steroid dienone is 1. The van der Waals surface area contributed by atoms with Crippen molar-refractivity contribution in [3.05, 3.63) is 83.2 Å². The maximum absolute atomic E-state index is 12.7. The van der Waals surface area contributed by atoms with Gasteiger partial charge < -0.3 is 0 Å². The number of para-hydroxylation sites is 1. The Bertz CT molecular complexity index is 887. The van der Waals surface area contributed by atoms with Crippen molar-refractivity contribution in [3.8, 4) is 0 Å². The third kappa shape index (κ3) is 3.22. The zero-order valence-electron chi connectivity index (χ0n) is 13.0. The molecule has 1 atom stereocenters. The van der Waals surface area contributed by atoms with Crippen LogP contribution in [0, 0.1) is 0 Å². The van der Waals surface area contributed by atoms with Crippen molar-refractivity contribution in [3.63, 3.8) is 0 Å². The molecule has 0 aliphatic carbocycles. The molecule has 3 rings (SSSR count). The van der Waals surface area contributed by atoms with Crippen LogP contribution in [0.2, 0.25) is 0 Å². The normalized spacial score (nSPS) is 12.2. The van der Waals surface area contributed by atoms with Crippen molar-refractivity contribution in [1.82, 2.24) is 9.55 Å². The van der Waals surface area contributed by atoms with Crippen molar-refractivity contribution in [1.29, 1.82) is 0 Å². The molecule has 0 aliphatic rings.